The third-order valence-corrected chi connectivity index (χ3v) is 3.03. The molecule has 0 aromatic heterocycles. The van der Waals surface area contributed by atoms with Gasteiger partial charge in [0.25, 0.3) is 0 Å². The van der Waals surface area contributed by atoms with Gasteiger partial charge in [0.2, 0.25) is 5.91 Å². The fourth-order valence-corrected chi connectivity index (χ4v) is 2.40. The monoisotopic (exact) mass is 170 g/mol. The lowest BCUT2D eigenvalue weighted by Crippen LogP contribution is -2.62. The fourth-order valence-electron chi connectivity index (χ4n) is 2.40. The molecule has 1 unspecified atom stereocenters. The van der Waals surface area contributed by atoms with Crippen molar-refractivity contribution in [1.82, 2.24) is 0 Å². The Morgan fingerprint density at radius 2 is 2.42 bits per heavy atom. The van der Waals surface area contributed by atoms with E-state index >= 15 is 0 Å². The van der Waals surface area contributed by atoms with Crippen LogP contribution >= 0.6 is 0 Å². The fraction of sp³-hybridized carbons (Fsp3) is 0.875. The van der Waals surface area contributed by atoms with E-state index in [-0.39, 0.29) is 11.4 Å². The zero-order valence-corrected chi connectivity index (χ0v) is 6.95. The van der Waals surface area contributed by atoms with E-state index in [4.69, 9.17) is 16.2 Å². The third kappa shape index (κ3) is 1.03. The second-order valence-electron chi connectivity index (χ2n) is 3.88. The van der Waals surface area contributed by atoms with Gasteiger partial charge in [0, 0.05) is 24.5 Å². The Kier molecular flexibility index (Phi) is 1.63. The van der Waals surface area contributed by atoms with E-state index in [9.17, 15) is 4.79 Å². The Hall–Kier alpha value is -0.610. The Balaban J connectivity index is 2.00. The molecule has 2 rings (SSSR count). The van der Waals surface area contributed by atoms with Gasteiger partial charge in [-0.25, -0.2) is 0 Å². The van der Waals surface area contributed by atoms with Crippen LogP contribution in [0.25, 0.3) is 0 Å². The number of hydrogen-bond acceptors (Lipinski definition) is 3. The number of fused-ring (bicyclic) bond motifs is 1. The van der Waals surface area contributed by atoms with Crippen LogP contribution < -0.4 is 11.5 Å². The minimum absolute atomic E-state index is 0.300. The molecule has 4 nitrogen and oxygen atoms in total. The summed E-state index contributed by atoms with van der Waals surface area (Å²) in [6.07, 6.45) is 2.38. The van der Waals surface area contributed by atoms with Crippen molar-refractivity contribution in [3.63, 3.8) is 0 Å². The van der Waals surface area contributed by atoms with Gasteiger partial charge in [-0.3, -0.25) is 4.79 Å². The first-order chi connectivity index (χ1) is 5.62. The summed E-state index contributed by atoms with van der Waals surface area (Å²) in [6.45, 7) is 0.785. The van der Waals surface area contributed by atoms with Crippen LogP contribution in [0.5, 0.6) is 0 Å². The van der Waals surface area contributed by atoms with Gasteiger partial charge < -0.3 is 16.2 Å². The van der Waals surface area contributed by atoms with Gasteiger partial charge in [0.15, 0.2) is 0 Å². The van der Waals surface area contributed by atoms with Crippen LogP contribution in [0.4, 0.5) is 0 Å². The summed E-state index contributed by atoms with van der Waals surface area (Å²) < 4.78 is 5.40. The standard InChI is InChI=1S/C8H14N2O2/c9-7(11)4-8(10)3-6-5(8)1-2-12-6/h5-6H,1-4,10H2,(H2,9,11)/t5-,6-,8?/m1/s1. The number of hydrogen-bond donors (Lipinski definition) is 2. The summed E-state index contributed by atoms with van der Waals surface area (Å²) in [4.78, 5) is 10.7. The molecule has 3 atom stereocenters. The van der Waals surface area contributed by atoms with E-state index in [1.165, 1.54) is 0 Å². The Morgan fingerprint density at radius 1 is 1.67 bits per heavy atom. The summed E-state index contributed by atoms with van der Waals surface area (Å²) in [5.41, 5.74) is 10.8. The lowest BCUT2D eigenvalue weighted by molar-refractivity contribution is -0.122. The lowest BCUT2D eigenvalue weighted by Gasteiger charge is -2.48. The predicted octanol–water partition coefficient (Wildman–Crippen LogP) is -0.632. The molecule has 1 saturated heterocycles. The van der Waals surface area contributed by atoms with E-state index in [0.29, 0.717) is 18.4 Å². The Morgan fingerprint density at radius 3 is 3.00 bits per heavy atom. The summed E-state index contributed by atoms with van der Waals surface area (Å²) in [7, 11) is 0. The van der Waals surface area contributed by atoms with Crippen LogP contribution in [0.2, 0.25) is 0 Å². The van der Waals surface area contributed by atoms with Crippen molar-refractivity contribution >= 4 is 5.91 Å². The molecule has 68 valence electrons. The van der Waals surface area contributed by atoms with Gasteiger partial charge in [-0.1, -0.05) is 0 Å². The molecule has 4 heteroatoms. The zero-order chi connectivity index (χ0) is 8.77. The smallest absolute Gasteiger partial charge is 0.219 e. The molecular formula is C8H14N2O2. The van der Waals surface area contributed by atoms with E-state index in [0.717, 1.165) is 19.4 Å². The maximum absolute atomic E-state index is 10.7. The van der Waals surface area contributed by atoms with E-state index < -0.39 is 0 Å². The molecule has 4 N–H and O–H groups in total. The van der Waals surface area contributed by atoms with E-state index in [2.05, 4.69) is 0 Å². The number of rotatable bonds is 2. The molecule has 12 heavy (non-hydrogen) atoms. The summed E-state index contributed by atoms with van der Waals surface area (Å²) in [5, 5.41) is 0. The minimum atomic E-state index is -0.354. The number of amides is 1. The third-order valence-electron chi connectivity index (χ3n) is 3.03. The summed E-state index contributed by atoms with van der Waals surface area (Å²) in [6, 6.07) is 0. The van der Waals surface area contributed by atoms with Gasteiger partial charge in [-0.2, -0.15) is 0 Å². The molecule has 2 aliphatic rings. The van der Waals surface area contributed by atoms with Gasteiger partial charge in [-0.05, 0) is 12.8 Å². The highest BCUT2D eigenvalue weighted by Gasteiger charge is 2.54. The van der Waals surface area contributed by atoms with Crippen LogP contribution in [0.15, 0.2) is 0 Å². The molecule has 1 amide bonds. The van der Waals surface area contributed by atoms with Crippen LogP contribution in [0, 0.1) is 5.92 Å². The maximum Gasteiger partial charge on any atom is 0.219 e. The Labute approximate surface area is 71.2 Å². The van der Waals surface area contributed by atoms with Crippen molar-refractivity contribution in [3.05, 3.63) is 0 Å². The highest BCUT2D eigenvalue weighted by molar-refractivity contribution is 5.75. The summed E-state index contributed by atoms with van der Waals surface area (Å²) in [5.74, 6) is 0.0628. The van der Waals surface area contributed by atoms with Gasteiger partial charge in [-0.15, -0.1) is 0 Å². The van der Waals surface area contributed by atoms with Gasteiger partial charge in [0.05, 0.1) is 6.10 Å². The van der Waals surface area contributed by atoms with E-state index in [1.807, 2.05) is 0 Å². The molecule has 0 spiro atoms. The van der Waals surface area contributed by atoms with Crippen molar-refractivity contribution in [2.24, 2.45) is 17.4 Å². The zero-order valence-electron chi connectivity index (χ0n) is 6.95. The number of primary amides is 1. The molecular weight excluding hydrogens is 156 g/mol. The first kappa shape index (κ1) is 8.01. The molecule has 1 aliphatic heterocycles. The molecule has 0 aromatic carbocycles. The average Bonchev–Trinajstić information content (AvgIpc) is 2.29. The highest BCUT2D eigenvalue weighted by atomic mass is 16.5. The first-order valence-electron chi connectivity index (χ1n) is 4.31. The van der Waals surface area contributed by atoms with Crippen LogP contribution in [-0.2, 0) is 9.53 Å². The first-order valence-corrected chi connectivity index (χ1v) is 4.31. The van der Waals surface area contributed by atoms with Crippen LogP contribution in [-0.4, -0.2) is 24.2 Å². The molecule has 1 heterocycles. The van der Waals surface area contributed by atoms with Crippen molar-refractivity contribution in [1.29, 1.82) is 0 Å². The van der Waals surface area contributed by atoms with Crippen molar-refractivity contribution < 1.29 is 9.53 Å². The Bertz CT molecular complexity index is 219. The van der Waals surface area contributed by atoms with Gasteiger partial charge in [0.1, 0.15) is 0 Å². The largest absolute Gasteiger partial charge is 0.378 e. The summed E-state index contributed by atoms with van der Waals surface area (Å²) >= 11 is 0. The number of carbonyl (C=O) groups is 1. The van der Waals surface area contributed by atoms with E-state index in [1.54, 1.807) is 0 Å². The topological polar surface area (TPSA) is 78.3 Å². The molecule has 2 fully saturated rings. The van der Waals surface area contributed by atoms with Crippen molar-refractivity contribution in [2.75, 3.05) is 6.61 Å². The normalized spacial score (nSPS) is 45.1. The average molecular weight is 170 g/mol. The SMILES string of the molecule is NC(=O)CC1(N)C[C@H]2OCC[C@H]21. The molecule has 0 radical (unpaired) electrons. The minimum Gasteiger partial charge on any atom is -0.378 e. The molecule has 1 aliphatic carbocycles. The predicted molar refractivity (Wildman–Crippen MR) is 43.2 cm³/mol. The second kappa shape index (κ2) is 2.44. The van der Waals surface area contributed by atoms with Crippen LogP contribution in [0.1, 0.15) is 19.3 Å². The van der Waals surface area contributed by atoms with Crippen LogP contribution in [0.3, 0.4) is 0 Å². The lowest BCUT2D eigenvalue weighted by atomic mass is 9.63. The second-order valence-corrected chi connectivity index (χ2v) is 3.88. The number of ether oxygens (including phenoxy) is 1. The van der Waals surface area contributed by atoms with Crippen molar-refractivity contribution in [2.45, 2.75) is 30.9 Å². The molecule has 1 saturated carbocycles. The molecule has 0 bridgehead atoms. The highest BCUT2D eigenvalue weighted by Crippen LogP contribution is 2.46. The number of nitrogens with two attached hydrogens (primary N) is 2. The number of carbonyl (C=O) groups excluding carboxylic acids is 1. The quantitative estimate of drug-likeness (QED) is 0.579. The molecule has 0 aromatic rings. The van der Waals surface area contributed by atoms with Crippen molar-refractivity contribution in [3.8, 4) is 0 Å². The van der Waals surface area contributed by atoms with Gasteiger partial charge >= 0.3 is 0 Å². The maximum atomic E-state index is 10.7.